The Balaban J connectivity index is 1.48. The average Bonchev–Trinajstić information content (AvgIpc) is 3.46. The lowest BCUT2D eigenvalue weighted by Crippen LogP contribution is -2.14. The summed E-state index contributed by atoms with van der Waals surface area (Å²) in [6.07, 6.45) is 19.6. The Morgan fingerprint density at radius 2 is 1.66 bits per heavy atom. The van der Waals surface area contributed by atoms with Crippen LogP contribution in [-0.2, 0) is 24.8 Å². The zero-order valence-corrected chi connectivity index (χ0v) is 18.5. The maximum Gasteiger partial charge on any atom is 0.271 e. The normalized spacial score (nSPS) is 19.3. The molecule has 2 atom stereocenters. The third-order valence-corrected chi connectivity index (χ3v) is 6.17. The monoisotopic (exact) mass is 420 g/mol. The average molecular weight is 421 g/mol. The van der Waals surface area contributed by atoms with Crippen molar-refractivity contribution in [2.75, 3.05) is 6.61 Å². The van der Waals surface area contributed by atoms with Gasteiger partial charge in [-0.25, -0.2) is 0 Å². The van der Waals surface area contributed by atoms with Crippen molar-refractivity contribution in [1.29, 1.82) is 0 Å². The molecule has 5 heteroatoms. The molecular weight excluding hydrogens is 384 g/mol. The van der Waals surface area contributed by atoms with Crippen LogP contribution in [-0.4, -0.2) is 27.2 Å². The predicted octanol–water partition coefficient (Wildman–Crippen LogP) is 5.94. The van der Waals surface area contributed by atoms with E-state index in [0.717, 1.165) is 18.4 Å². The first-order valence-corrected chi connectivity index (χ1v) is 12.5. The first-order valence-electron chi connectivity index (χ1n) is 11.0. The number of rotatable bonds is 16. The van der Waals surface area contributed by atoms with Crippen molar-refractivity contribution in [3.05, 3.63) is 60.2 Å². The predicted molar refractivity (Wildman–Crippen MR) is 119 cm³/mol. The maximum atomic E-state index is 12.0. The fourth-order valence-electron chi connectivity index (χ4n) is 3.19. The maximum absolute atomic E-state index is 12.0. The summed E-state index contributed by atoms with van der Waals surface area (Å²) < 4.78 is 34.6. The van der Waals surface area contributed by atoms with Crippen LogP contribution in [0.4, 0.5) is 0 Å². The van der Waals surface area contributed by atoms with Crippen LogP contribution in [0.25, 0.3) is 0 Å². The third kappa shape index (κ3) is 11.4. The number of ether oxygens (including phenoxy) is 1. The lowest BCUT2D eigenvalue weighted by molar-refractivity contribution is 0.263. The van der Waals surface area contributed by atoms with Gasteiger partial charge in [0.1, 0.15) is 11.9 Å². The standard InChI is InChI=1S/C24H36O4S/c1-2-3-4-5-6-7-8-9-10-11-12-16-19-23-24(28-23)20-27-29(25,26)21-22-17-14-13-15-18-22/h9-10,12-18,23-24H,2-8,11,19-21H2,1H3/b10-9-,16-12-/t23-,24+/m0/s1. The fourth-order valence-corrected chi connectivity index (χ4v) is 4.21. The van der Waals surface area contributed by atoms with E-state index in [1.807, 2.05) is 18.2 Å². The van der Waals surface area contributed by atoms with E-state index in [9.17, 15) is 8.42 Å². The topological polar surface area (TPSA) is 55.9 Å². The highest BCUT2D eigenvalue weighted by Crippen LogP contribution is 2.26. The molecule has 29 heavy (non-hydrogen) atoms. The Kier molecular flexibility index (Phi) is 11.3. The Morgan fingerprint density at radius 1 is 0.931 bits per heavy atom. The van der Waals surface area contributed by atoms with Crippen LogP contribution in [0.5, 0.6) is 0 Å². The molecule has 1 aliphatic heterocycles. The second-order valence-corrected chi connectivity index (χ2v) is 9.30. The smallest absolute Gasteiger partial charge is 0.271 e. The molecule has 4 nitrogen and oxygen atoms in total. The van der Waals surface area contributed by atoms with Crippen molar-refractivity contribution in [1.82, 2.24) is 0 Å². The zero-order chi connectivity index (χ0) is 20.8. The molecule has 2 rings (SSSR count). The van der Waals surface area contributed by atoms with E-state index < -0.39 is 10.1 Å². The molecule has 0 aromatic heterocycles. The molecule has 0 saturated carbocycles. The molecule has 0 N–H and O–H groups in total. The summed E-state index contributed by atoms with van der Waals surface area (Å²) in [7, 11) is -3.57. The Bertz CT molecular complexity index is 710. The third-order valence-electron chi connectivity index (χ3n) is 4.98. The first-order chi connectivity index (χ1) is 14.1. The quantitative estimate of drug-likeness (QED) is 0.144. The summed E-state index contributed by atoms with van der Waals surface area (Å²) in [6, 6.07) is 9.06. The van der Waals surface area contributed by atoms with Gasteiger partial charge in [-0.2, -0.15) is 8.42 Å². The molecule has 0 radical (unpaired) electrons. The first kappa shape index (κ1) is 23.8. The summed E-state index contributed by atoms with van der Waals surface area (Å²) >= 11 is 0. The van der Waals surface area contributed by atoms with Gasteiger partial charge in [0.25, 0.3) is 10.1 Å². The van der Waals surface area contributed by atoms with Gasteiger partial charge in [0, 0.05) is 0 Å². The minimum absolute atomic E-state index is 0.0743. The molecule has 1 aromatic rings. The van der Waals surface area contributed by atoms with E-state index in [1.165, 1.54) is 44.9 Å². The largest absolute Gasteiger partial charge is 0.367 e. The van der Waals surface area contributed by atoms with Gasteiger partial charge in [0.15, 0.2) is 0 Å². The lowest BCUT2D eigenvalue weighted by Gasteiger charge is -2.04. The van der Waals surface area contributed by atoms with Crippen LogP contribution < -0.4 is 0 Å². The lowest BCUT2D eigenvalue weighted by atomic mass is 10.1. The minimum atomic E-state index is -3.57. The minimum Gasteiger partial charge on any atom is -0.367 e. The van der Waals surface area contributed by atoms with Gasteiger partial charge < -0.3 is 4.74 Å². The van der Waals surface area contributed by atoms with Crippen LogP contribution in [0.15, 0.2) is 54.6 Å². The van der Waals surface area contributed by atoms with Crippen molar-refractivity contribution >= 4 is 10.1 Å². The van der Waals surface area contributed by atoms with Gasteiger partial charge in [-0.1, -0.05) is 93.7 Å². The van der Waals surface area contributed by atoms with Crippen molar-refractivity contribution in [2.24, 2.45) is 0 Å². The highest BCUT2D eigenvalue weighted by molar-refractivity contribution is 7.85. The van der Waals surface area contributed by atoms with Crippen LogP contribution in [0.3, 0.4) is 0 Å². The summed E-state index contributed by atoms with van der Waals surface area (Å²) in [6.45, 7) is 2.35. The second kappa shape index (κ2) is 13.7. The van der Waals surface area contributed by atoms with E-state index in [1.54, 1.807) is 12.1 Å². The van der Waals surface area contributed by atoms with Gasteiger partial charge in [-0.3, -0.25) is 4.18 Å². The Hall–Kier alpha value is -1.43. The molecule has 1 fully saturated rings. The zero-order valence-electron chi connectivity index (χ0n) is 17.7. The van der Waals surface area contributed by atoms with Crippen LogP contribution >= 0.6 is 0 Å². The van der Waals surface area contributed by atoms with Gasteiger partial charge in [0.05, 0.1) is 12.7 Å². The molecule has 0 aliphatic carbocycles. The molecule has 0 bridgehead atoms. The van der Waals surface area contributed by atoms with E-state index >= 15 is 0 Å². The van der Waals surface area contributed by atoms with E-state index in [2.05, 4.69) is 31.2 Å². The highest BCUT2D eigenvalue weighted by atomic mass is 32.2. The summed E-state index contributed by atoms with van der Waals surface area (Å²) in [5.74, 6) is -0.101. The molecule has 0 amide bonds. The number of allylic oxidation sites excluding steroid dienone is 3. The molecular formula is C24H36O4S. The van der Waals surface area contributed by atoms with Crippen molar-refractivity contribution in [3.63, 3.8) is 0 Å². The van der Waals surface area contributed by atoms with Crippen LogP contribution in [0.1, 0.15) is 70.3 Å². The summed E-state index contributed by atoms with van der Waals surface area (Å²) in [5, 5.41) is 0. The number of hydrogen-bond acceptors (Lipinski definition) is 4. The van der Waals surface area contributed by atoms with Crippen molar-refractivity contribution in [3.8, 4) is 0 Å². The number of benzene rings is 1. The van der Waals surface area contributed by atoms with Crippen LogP contribution in [0, 0.1) is 0 Å². The van der Waals surface area contributed by atoms with E-state index in [0.29, 0.717) is 0 Å². The van der Waals surface area contributed by atoms with E-state index in [4.69, 9.17) is 8.92 Å². The Labute approximate surface area is 177 Å². The molecule has 1 saturated heterocycles. The molecule has 0 unspecified atom stereocenters. The van der Waals surface area contributed by atoms with E-state index in [-0.39, 0.29) is 24.6 Å². The van der Waals surface area contributed by atoms with Gasteiger partial charge in [-0.05, 0) is 31.2 Å². The van der Waals surface area contributed by atoms with Gasteiger partial charge >= 0.3 is 0 Å². The molecule has 162 valence electrons. The summed E-state index contributed by atoms with van der Waals surface area (Å²) in [4.78, 5) is 0. The second-order valence-electron chi connectivity index (χ2n) is 7.66. The van der Waals surface area contributed by atoms with Crippen molar-refractivity contribution in [2.45, 2.75) is 82.7 Å². The number of unbranched alkanes of at least 4 members (excludes halogenated alkanes) is 6. The summed E-state index contributed by atoms with van der Waals surface area (Å²) in [5.41, 5.74) is 0.730. The molecule has 1 heterocycles. The highest BCUT2D eigenvalue weighted by Gasteiger charge is 2.38. The number of epoxide rings is 1. The molecule has 1 aliphatic rings. The van der Waals surface area contributed by atoms with Gasteiger partial charge in [0.2, 0.25) is 0 Å². The van der Waals surface area contributed by atoms with Gasteiger partial charge in [-0.15, -0.1) is 0 Å². The van der Waals surface area contributed by atoms with Crippen LogP contribution in [0.2, 0.25) is 0 Å². The number of hydrogen-bond donors (Lipinski definition) is 0. The Morgan fingerprint density at radius 3 is 2.45 bits per heavy atom. The fraction of sp³-hybridized carbons (Fsp3) is 0.583. The molecule has 0 spiro atoms. The van der Waals surface area contributed by atoms with Crippen molar-refractivity contribution < 1.29 is 17.3 Å². The molecule has 1 aromatic carbocycles. The SMILES string of the molecule is CCCCCCCC/C=C\C/C=C\C[C@@H]1O[C@@H]1COS(=O)(=O)Cc1ccccc1.